The van der Waals surface area contributed by atoms with Crippen LogP contribution in [0.25, 0.3) is 0 Å². The average molecular weight is 328 g/mol. The second-order valence-corrected chi connectivity index (χ2v) is 7.28. The third kappa shape index (κ3) is 13.2. The van der Waals surface area contributed by atoms with E-state index in [9.17, 15) is 9.46 Å². The molecule has 0 spiro atoms. The molecule has 2 unspecified atom stereocenters. The van der Waals surface area contributed by atoms with Gasteiger partial charge in [0.2, 0.25) is 0 Å². The van der Waals surface area contributed by atoms with Crippen molar-refractivity contribution in [2.75, 3.05) is 13.2 Å². The Labute approximate surface area is 149 Å². The van der Waals surface area contributed by atoms with Gasteiger partial charge in [-0.2, -0.15) is 0 Å². The summed E-state index contributed by atoms with van der Waals surface area (Å²) < 4.78 is 21.9. The summed E-state index contributed by atoms with van der Waals surface area (Å²) >= 11 is 0. The van der Waals surface area contributed by atoms with Crippen molar-refractivity contribution in [3.63, 3.8) is 0 Å². The summed E-state index contributed by atoms with van der Waals surface area (Å²) in [5, 5.41) is 0. The summed E-state index contributed by atoms with van der Waals surface area (Å²) in [7, 11) is -4.14. The van der Waals surface area contributed by atoms with Gasteiger partial charge in [-0.3, -0.25) is 4.57 Å². The fourth-order valence-corrected chi connectivity index (χ4v) is 3.09. The van der Waals surface area contributed by atoms with Gasteiger partial charge in [-0.15, -0.1) is 0 Å². The van der Waals surface area contributed by atoms with E-state index in [1.165, 1.54) is 0 Å². The van der Waals surface area contributed by atoms with E-state index >= 15 is 0 Å². The molecule has 0 aromatic heterocycles. The molecule has 128 valence electrons. The van der Waals surface area contributed by atoms with E-state index in [1.807, 2.05) is 0 Å². The molecule has 0 saturated heterocycles. The van der Waals surface area contributed by atoms with Gasteiger partial charge in [-0.1, -0.05) is 66.2 Å². The largest absolute Gasteiger partial charge is 1.00 e. The zero-order valence-corrected chi connectivity index (χ0v) is 16.2. The molecule has 4 nitrogen and oxygen atoms in total. The molecule has 0 aromatic rings. The van der Waals surface area contributed by atoms with E-state index in [4.69, 9.17) is 9.05 Å². The molecule has 0 heterocycles. The summed E-state index contributed by atoms with van der Waals surface area (Å²) in [4.78, 5) is 11.8. The first-order valence-corrected chi connectivity index (χ1v) is 10.0. The van der Waals surface area contributed by atoms with Crippen LogP contribution in [0, 0.1) is 11.8 Å². The number of unbranched alkanes of at least 4 members (excludes halogenated alkanes) is 2. The molecule has 0 aromatic carbocycles. The molecular formula is C16H34LiO4P. The first-order valence-electron chi connectivity index (χ1n) is 8.59. The Kier molecular flexibility index (Phi) is 17.3. The van der Waals surface area contributed by atoms with Crippen LogP contribution in [0.4, 0.5) is 0 Å². The van der Waals surface area contributed by atoms with Gasteiger partial charge in [0.15, 0.2) is 0 Å². The quantitative estimate of drug-likeness (QED) is 0.361. The molecule has 0 saturated carbocycles. The van der Waals surface area contributed by atoms with Crippen molar-refractivity contribution in [2.24, 2.45) is 11.8 Å². The maximum absolute atomic E-state index is 11.8. The summed E-state index contributed by atoms with van der Waals surface area (Å²) in [6, 6.07) is 0. The monoisotopic (exact) mass is 328 g/mol. The molecule has 0 aliphatic rings. The molecule has 0 amide bonds. The van der Waals surface area contributed by atoms with Crippen LogP contribution in [-0.4, -0.2) is 13.2 Å². The van der Waals surface area contributed by atoms with Crippen LogP contribution >= 0.6 is 7.82 Å². The Morgan fingerprint density at radius 1 is 0.864 bits per heavy atom. The minimum Gasteiger partial charge on any atom is -0.756 e. The van der Waals surface area contributed by atoms with Gasteiger partial charge >= 0.3 is 18.9 Å². The first-order chi connectivity index (χ1) is 9.99. The maximum atomic E-state index is 11.8. The summed E-state index contributed by atoms with van der Waals surface area (Å²) in [5.74, 6) is 0.607. The van der Waals surface area contributed by atoms with E-state index in [-0.39, 0.29) is 32.1 Å². The maximum Gasteiger partial charge on any atom is 1.00 e. The minimum absolute atomic E-state index is 0. The van der Waals surface area contributed by atoms with Crippen LogP contribution < -0.4 is 23.8 Å². The van der Waals surface area contributed by atoms with Gasteiger partial charge in [-0.25, -0.2) is 0 Å². The molecule has 0 N–H and O–H groups in total. The van der Waals surface area contributed by atoms with Gasteiger partial charge in [-0.05, 0) is 24.7 Å². The minimum atomic E-state index is -4.14. The van der Waals surface area contributed by atoms with Crippen LogP contribution in [0.2, 0.25) is 0 Å². The molecule has 6 heteroatoms. The van der Waals surface area contributed by atoms with Crippen LogP contribution in [0.15, 0.2) is 0 Å². The smallest absolute Gasteiger partial charge is 0.756 e. The molecule has 2 atom stereocenters. The molecule has 0 bridgehead atoms. The zero-order valence-electron chi connectivity index (χ0n) is 15.3. The predicted molar refractivity (Wildman–Crippen MR) is 86.1 cm³/mol. The number of phosphoric ester groups is 1. The number of rotatable bonds is 14. The van der Waals surface area contributed by atoms with Crippen molar-refractivity contribution < 1.29 is 37.4 Å². The SMILES string of the molecule is CCCCC(CC)COP(=O)([O-])OCC(CC)CCCC.[Li+]. The fourth-order valence-electron chi connectivity index (χ4n) is 2.23. The molecule has 22 heavy (non-hydrogen) atoms. The van der Waals surface area contributed by atoms with Gasteiger partial charge in [0.25, 0.3) is 7.82 Å². The van der Waals surface area contributed by atoms with Crippen molar-refractivity contribution in [1.82, 2.24) is 0 Å². The average Bonchev–Trinajstić information content (AvgIpc) is 2.47. The van der Waals surface area contributed by atoms with Gasteiger partial charge in [0, 0.05) is 0 Å². The second-order valence-electron chi connectivity index (χ2n) is 5.87. The Morgan fingerprint density at radius 2 is 1.23 bits per heavy atom. The van der Waals surface area contributed by atoms with Crippen molar-refractivity contribution in [3.8, 4) is 0 Å². The summed E-state index contributed by atoms with van der Waals surface area (Å²) in [6.07, 6.45) is 8.38. The number of hydrogen-bond donors (Lipinski definition) is 0. The zero-order chi connectivity index (χ0) is 16.1. The van der Waals surface area contributed by atoms with Crippen molar-refractivity contribution in [1.29, 1.82) is 0 Å². The van der Waals surface area contributed by atoms with Crippen molar-refractivity contribution in [3.05, 3.63) is 0 Å². The third-order valence-electron chi connectivity index (χ3n) is 4.02. The summed E-state index contributed by atoms with van der Waals surface area (Å²) in [6.45, 7) is 8.91. The Hall–Kier alpha value is 0.707. The predicted octanol–water partition coefficient (Wildman–Crippen LogP) is 1.92. The molecule has 0 rings (SSSR count). The van der Waals surface area contributed by atoms with Crippen LogP contribution in [0.1, 0.15) is 79.1 Å². The molecule has 0 aliphatic carbocycles. The van der Waals surface area contributed by atoms with Gasteiger partial charge in [0.1, 0.15) is 0 Å². The first kappa shape index (κ1) is 25.0. The van der Waals surface area contributed by atoms with Crippen LogP contribution in [0.5, 0.6) is 0 Å². The van der Waals surface area contributed by atoms with Crippen molar-refractivity contribution in [2.45, 2.75) is 79.1 Å². The number of phosphoric acid groups is 1. The normalized spacial score (nSPS) is 16.6. The topological polar surface area (TPSA) is 58.6 Å². The van der Waals surface area contributed by atoms with E-state index in [0.717, 1.165) is 51.4 Å². The van der Waals surface area contributed by atoms with Gasteiger partial charge < -0.3 is 13.9 Å². The van der Waals surface area contributed by atoms with Crippen molar-refractivity contribution >= 4 is 7.82 Å². The van der Waals surface area contributed by atoms with Gasteiger partial charge in [0.05, 0.1) is 13.2 Å². The Morgan fingerprint density at radius 3 is 1.50 bits per heavy atom. The summed E-state index contributed by atoms with van der Waals surface area (Å²) in [5.41, 5.74) is 0. The third-order valence-corrected chi connectivity index (χ3v) is 4.95. The van der Waals surface area contributed by atoms with E-state index in [2.05, 4.69) is 27.7 Å². The molecule has 0 aliphatic heterocycles. The van der Waals surface area contributed by atoms with E-state index < -0.39 is 7.82 Å². The molecule has 0 radical (unpaired) electrons. The second kappa shape index (κ2) is 15.2. The Bertz CT molecular complexity index is 265. The standard InChI is InChI=1S/C16H35O4P.Li/c1-5-9-11-15(7-3)13-19-21(17,18)20-14-16(8-4)12-10-6-2;/h15-16H,5-14H2,1-4H3,(H,17,18);/q;+1/p-1. The van der Waals surface area contributed by atoms with Crippen LogP contribution in [-0.2, 0) is 13.6 Å². The van der Waals surface area contributed by atoms with E-state index in [0.29, 0.717) is 11.8 Å². The molecule has 0 fully saturated rings. The Balaban J connectivity index is 0. The van der Waals surface area contributed by atoms with Crippen LogP contribution in [0.3, 0.4) is 0 Å². The van der Waals surface area contributed by atoms with E-state index in [1.54, 1.807) is 0 Å². The molecular weight excluding hydrogens is 294 g/mol. The fraction of sp³-hybridized carbons (Fsp3) is 1.00. The number of hydrogen-bond acceptors (Lipinski definition) is 4.